The lowest BCUT2D eigenvalue weighted by atomic mass is 9.86. The van der Waals surface area contributed by atoms with E-state index < -0.39 is 0 Å². The summed E-state index contributed by atoms with van der Waals surface area (Å²) in [6.07, 6.45) is 7.69. The molecule has 0 bridgehead atoms. The van der Waals surface area contributed by atoms with Crippen LogP contribution in [0.2, 0.25) is 0 Å². The summed E-state index contributed by atoms with van der Waals surface area (Å²) in [7, 11) is 1.84. The second kappa shape index (κ2) is 9.18. The SMILES string of the molecule is CN=C(NCC(C)(C)Cc1ccccc1)NC1CC=CC1.I. The van der Waals surface area contributed by atoms with E-state index in [1.807, 2.05) is 7.05 Å². The van der Waals surface area contributed by atoms with E-state index in [9.17, 15) is 0 Å². The minimum atomic E-state index is 0. The molecule has 0 unspecified atom stereocenters. The van der Waals surface area contributed by atoms with Gasteiger partial charge in [-0.05, 0) is 30.2 Å². The second-order valence-corrected chi connectivity index (χ2v) is 6.54. The average molecular weight is 413 g/mol. The zero-order valence-electron chi connectivity index (χ0n) is 13.8. The minimum Gasteiger partial charge on any atom is -0.356 e. The lowest BCUT2D eigenvalue weighted by Gasteiger charge is -2.27. The first kappa shape index (κ1) is 19.0. The molecule has 1 aliphatic carbocycles. The van der Waals surface area contributed by atoms with Gasteiger partial charge in [-0.25, -0.2) is 0 Å². The Hall–Kier alpha value is -1.04. The molecule has 0 aromatic heterocycles. The molecular weight excluding hydrogens is 385 g/mol. The number of benzene rings is 1. The fourth-order valence-electron chi connectivity index (χ4n) is 2.66. The lowest BCUT2D eigenvalue weighted by molar-refractivity contribution is 0.358. The Bertz CT molecular complexity index is 486. The van der Waals surface area contributed by atoms with Crippen molar-refractivity contribution in [3.05, 3.63) is 48.0 Å². The third-order valence-corrected chi connectivity index (χ3v) is 3.83. The molecule has 2 rings (SSSR count). The first-order chi connectivity index (χ1) is 10.1. The molecule has 0 atom stereocenters. The molecule has 0 spiro atoms. The Balaban J connectivity index is 0.00000242. The highest BCUT2D eigenvalue weighted by Gasteiger charge is 2.20. The number of rotatable bonds is 5. The van der Waals surface area contributed by atoms with Gasteiger partial charge in [-0.3, -0.25) is 4.99 Å². The van der Waals surface area contributed by atoms with Crippen LogP contribution in [0.3, 0.4) is 0 Å². The van der Waals surface area contributed by atoms with Gasteiger partial charge in [0.25, 0.3) is 0 Å². The van der Waals surface area contributed by atoms with E-state index in [-0.39, 0.29) is 29.4 Å². The van der Waals surface area contributed by atoms with E-state index in [1.165, 1.54) is 5.56 Å². The molecule has 122 valence electrons. The number of guanidine groups is 1. The van der Waals surface area contributed by atoms with Crippen LogP contribution in [0.15, 0.2) is 47.5 Å². The maximum Gasteiger partial charge on any atom is 0.191 e. The van der Waals surface area contributed by atoms with Crippen molar-refractivity contribution in [3.63, 3.8) is 0 Å². The van der Waals surface area contributed by atoms with Crippen LogP contribution in [-0.2, 0) is 6.42 Å². The molecule has 4 heteroatoms. The summed E-state index contributed by atoms with van der Waals surface area (Å²) in [6, 6.07) is 11.2. The zero-order chi connectivity index (χ0) is 15.1. The van der Waals surface area contributed by atoms with Gasteiger partial charge in [-0.1, -0.05) is 56.3 Å². The number of halogens is 1. The monoisotopic (exact) mass is 413 g/mol. The van der Waals surface area contributed by atoms with E-state index >= 15 is 0 Å². The van der Waals surface area contributed by atoms with Gasteiger partial charge >= 0.3 is 0 Å². The quantitative estimate of drug-likeness (QED) is 0.334. The van der Waals surface area contributed by atoms with E-state index in [2.05, 4.69) is 72.0 Å². The van der Waals surface area contributed by atoms with Crippen LogP contribution >= 0.6 is 24.0 Å². The van der Waals surface area contributed by atoms with Crippen LogP contribution in [-0.4, -0.2) is 25.6 Å². The Morgan fingerprint density at radius 1 is 1.18 bits per heavy atom. The molecular formula is C18H28IN3. The number of nitrogens with zero attached hydrogens (tertiary/aromatic N) is 1. The number of hydrogen-bond acceptors (Lipinski definition) is 1. The number of hydrogen-bond donors (Lipinski definition) is 2. The van der Waals surface area contributed by atoms with Gasteiger partial charge in [0, 0.05) is 19.6 Å². The molecule has 0 heterocycles. The van der Waals surface area contributed by atoms with Crippen LogP contribution in [0.5, 0.6) is 0 Å². The van der Waals surface area contributed by atoms with Crippen LogP contribution in [0.25, 0.3) is 0 Å². The molecule has 0 amide bonds. The molecule has 0 aliphatic heterocycles. The maximum atomic E-state index is 4.33. The highest BCUT2D eigenvalue weighted by molar-refractivity contribution is 14.0. The molecule has 0 fully saturated rings. The largest absolute Gasteiger partial charge is 0.356 e. The molecule has 0 radical (unpaired) electrons. The normalized spacial score (nSPS) is 15.5. The Kier molecular flexibility index (Phi) is 7.93. The van der Waals surface area contributed by atoms with Crippen molar-refractivity contribution in [1.29, 1.82) is 0 Å². The van der Waals surface area contributed by atoms with Gasteiger partial charge in [0.1, 0.15) is 0 Å². The van der Waals surface area contributed by atoms with Gasteiger partial charge in [0.05, 0.1) is 0 Å². The third-order valence-electron chi connectivity index (χ3n) is 3.83. The smallest absolute Gasteiger partial charge is 0.191 e. The fourth-order valence-corrected chi connectivity index (χ4v) is 2.66. The number of aliphatic imine (C=N–C) groups is 1. The minimum absolute atomic E-state index is 0. The molecule has 1 aliphatic rings. The van der Waals surface area contributed by atoms with Crippen molar-refractivity contribution < 1.29 is 0 Å². The lowest BCUT2D eigenvalue weighted by Crippen LogP contribution is -2.46. The van der Waals surface area contributed by atoms with E-state index in [0.717, 1.165) is 31.8 Å². The van der Waals surface area contributed by atoms with Gasteiger partial charge in [0.2, 0.25) is 0 Å². The predicted molar refractivity (Wildman–Crippen MR) is 106 cm³/mol. The van der Waals surface area contributed by atoms with Crippen molar-refractivity contribution in [1.82, 2.24) is 10.6 Å². The highest BCUT2D eigenvalue weighted by Crippen LogP contribution is 2.20. The van der Waals surface area contributed by atoms with Crippen molar-refractivity contribution in [2.75, 3.05) is 13.6 Å². The average Bonchev–Trinajstić information content (AvgIpc) is 2.97. The summed E-state index contributed by atoms with van der Waals surface area (Å²) in [6.45, 7) is 5.48. The van der Waals surface area contributed by atoms with E-state index in [0.29, 0.717) is 6.04 Å². The van der Waals surface area contributed by atoms with E-state index in [4.69, 9.17) is 0 Å². The first-order valence-corrected chi connectivity index (χ1v) is 7.75. The third kappa shape index (κ3) is 6.38. The zero-order valence-corrected chi connectivity index (χ0v) is 16.1. The van der Waals surface area contributed by atoms with Crippen LogP contribution in [0, 0.1) is 5.41 Å². The van der Waals surface area contributed by atoms with E-state index in [1.54, 1.807) is 0 Å². The molecule has 22 heavy (non-hydrogen) atoms. The Morgan fingerprint density at radius 2 is 1.82 bits per heavy atom. The van der Waals surface area contributed by atoms with Crippen molar-refractivity contribution in [3.8, 4) is 0 Å². The van der Waals surface area contributed by atoms with Crippen LogP contribution < -0.4 is 10.6 Å². The summed E-state index contributed by atoms with van der Waals surface area (Å²) >= 11 is 0. The van der Waals surface area contributed by atoms with Crippen molar-refractivity contribution >= 4 is 29.9 Å². The summed E-state index contributed by atoms with van der Waals surface area (Å²) < 4.78 is 0. The predicted octanol–water partition coefficient (Wildman–Crippen LogP) is 3.76. The molecule has 1 aromatic rings. The van der Waals surface area contributed by atoms with Crippen molar-refractivity contribution in [2.24, 2.45) is 10.4 Å². The molecule has 0 saturated carbocycles. The highest BCUT2D eigenvalue weighted by atomic mass is 127. The molecule has 0 saturated heterocycles. The Morgan fingerprint density at radius 3 is 2.41 bits per heavy atom. The molecule has 1 aromatic carbocycles. The second-order valence-electron chi connectivity index (χ2n) is 6.54. The van der Waals surface area contributed by atoms with Crippen LogP contribution in [0.1, 0.15) is 32.3 Å². The van der Waals surface area contributed by atoms with Gasteiger partial charge in [-0.2, -0.15) is 0 Å². The summed E-state index contributed by atoms with van der Waals surface area (Å²) in [5, 5.41) is 6.95. The van der Waals surface area contributed by atoms with Gasteiger partial charge < -0.3 is 10.6 Å². The Labute approximate surface area is 151 Å². The van der Waals surface area contributed by atoms with Gasteiger partial charge in [0.15, 0.2) is 5.96 Å². The molecule has 3 nitrogen and oxygen atoms in total. The van der Waals surface area contributed by atoms with Crippen molar-refractivity contribution in [2.45, 2.75) is 39.2 Å². The first-order valence-electron chi connectivity index (χ1n) is 7.75. The van der Waals surface area contributed by atoms with Crippen LogP contribution in [0.4, 0.5) is 0 Å². The maximum absolute atomic E-state index is 4.33. The number of nitrogens with one attached hydrogen (secondary N) is 2. The summed E-state index contributed by atoms with van der Waals surface area (Å²) in [4.78, 5) is 4.33. The fraction of sp³-hybridized carbons (Fsp3) is 0.500. The molecule has 2 N–H and O–H groups in total. The summed E-state index contributed by atoms with van der Waals surface area (Å²) in [5.41, 5.74) is 1.57. The van der Waals surface area contributed by atoms with Gasteiger partial charge in [-0.15, -0.1) is 24.0 Å². The summed E-state index contributed by atoms with van der Waals surface area (Å²) in [5.74, 6) is 0.907. The topological polar surface area (TPSA) is 36.4 Å². The standard InChI is InChI=1S/C18H27N3.HI/c1-18(2,13-15-9-5-4-6-10-15)14-20-17(19-3)21-16-11-7-8-12-16;/h4-10,16H,11-14H2,1-3H3,(H2,19,20,21);1H.